The lowest BCUT2D eigenvalue weighted by molar-refractivity contribution is -0.117. The summed E-state index contributed by atoms with van der Waals surface area (Å²) in [5, 5.41) is 4.92. The van der Waals surface area contributed by atoms with E-state index in [0.717, 1.165) is 75.8 Å². The number of nitrogens with zero attached hydrogens (tertiary/aromatic N) is 3. The molecule has 6 aromatic rings. The number of nitrogens with one attached hydrogen (secondary N) is 2. The zero-order chi connectivity index (χ0) is 33.3. The number of hydrogen-bond acceptors (Lipinski definition) is 6. The maximum atomic E-state index is 13.2. The number of likely N-dealkylation sites (tertiary alicyclic amines) is 1. The molecule has 1 fully saturated rings. The highest BCUT2D eigenvalue weighted by Crippen LogP contribution is 2.41. The van der Waals surface area contributed by atoms with Crippen LogP contribution in [0.4, 0.5) is 5.69 Å². The SMILES string of the molecule is CN(C)C1CCN(CC(=O)Nc2ccc(-c3cnc4[nH]c5ccc(CS(=O)(=O)c6ccccc6)cc5c4c3-c3ccccc3)cc2)CC1. The summed E-state index contributed by atoms with van der Waals surface area (Å²) in [7, 11) is 0.717. The maximum Gasteiger partial charge on any atom is 0.238 e. The molecule has 0 bridgehead atoms. The van der Waals surface area contributed by atoms with Crippen LogP contribution < -0.4 is 5.32 Å². The molecular formula is C39H39N5O3S. The van der Waals surface area contributed by atoms with E-state index in [9.17, 15) is 13.2 Å². The lowest BCUT2D eigenvalue weighted by atomic mass is 9.92. The van der Waals surface area contributed by atoms with Gasteiger partial charge in [0.1, 0.15) is 5.65 Å². The van der Waals surface area contributed by atoms with Gasteiger partial charge < -0.3 is 15.2 Å². The number of amides is 1. The minimum absolute atomic E-state index is 0.0111. The molecule has 0 radical (unpaired) electrons. The van der Waals surface area contributed by atoms with E-state index in [2.05, 4.69) is 46.3 Å². The Labute approximate surface area is 281 Å². The lowest BCUT2D eigenvalue weighted by Crippen LogP contribution is -2.44. The minimum Gasteiger partial charge on any atom is -0.339 e. The first-order valence-electron chi connectivity index (χ1n) is 16.3. The summed E-state index contributed by atoms with van der Waals surface area (Å²) >= 11 is 0. The Morgan fingerprint density at radius 2 is 1.58 bits per heavy atom. The first-order chi connectivity index (χ1) is 23.2. The summed E-state index contributed by atoms with van der Waals surface area (Å²) in [6.07, 6.45) is 4.02. The predicted molar refractivity (Wildman–Crippen MR) is 194 cm³/mol. The van der Waals surface area contributed by atoms with Crippen molar-refractivity contribution in [3.05, 3.63) is 115 Å². The quantitative estimate of drug-likeness (QED) is 0.174. The van der Waals surface area contributed by atoms with Crippen LogP contribution in [-0.2, 0) is 20.4 Å². The summed E-state index contributed by atoms with van der Waals surface area (Å²) in [5.74, 6) is -0.113. The Morgan fingerprint density at radius 3 is 2.27 bits per heavy atom. The van der Waals surface area contributed by atoms with Crippen molar-refractivity contribution in [1.82, 2.24) is 19.8 Å². The van der Waals surface area contributed by atoms with Crippen molar-refractivity contribution in [1.29, 1.82) is 0 Å². The molecule has 1 saturated heterocycles. The number of sulfone groups is 1. The van der Waals surface area contributed by atoms with Gasteiger partial charge in [-0.3, -0.25) is 9.69 Å². The summed E-state index contributed by atoms with van der Waals surface area (Å²) in [6.45, 7) is 2.23. The van der Waals surface area contributed by atoms with Crippen molar-refractivity contribution < 1.29 is 13.2 Å². The van der Waals surface area contributed by atoms with Crippen molar-refractivity contribution in [2.75, 3.05) is 39.0 Å². The van der Waals surface area contributed by atoms with Crippen LogP contribution in [0.5, 0.6) is 0 Å². The molecule has 4 aromatic carbocycles. The third-order valence-corrected chi connectivity index (χ3v) is 11.0. The fourth-order valence-electron chi connectivity index (χ4n) is 6.78. The van der Waals surface area contributed by atoms with Gasteiger partial charge in [0.05, 0.1) is 17.2 Å². The summed E-state index contributed by atoms with van der Waals surface area (Å²) in [6, 6.07) is 33.0. The second-order valence-electron chi connectivity index (χ2n) is 12.8. The molecule has 9 heteroatoms. The molecule has 2 aromatic heterocycles. The summed E-state index contributed by atoms with van der Waals surface area (Å²) in [4.78, 5) is 26.0. The Balaban J connectivity index is 1.20. The monoisotopic (exact) mass is 657 g/mol. The molecule has 1 aliphatic rings. The molecule has 3 heterocycles. The first-order valence-corrected chi connectivity index (χ1v) is 18.0. The van der Waals surface area contributed by atoms with Gasteiger partial charge in [-0.05, 0) is 80.0 Å². The van der Waals surface area contributed by atoms with E-state index >= 15 is 0 Å². The average Bonchev–Trinajstić information content (AvgIpc) is 3.47. The van der Waals surface area contributed by atoms with Crippen LogP contribution >= 0.6 is 0 Å². The van der Waals surface area contributed by atoms with Crippen LogP contribution in [-0.4, -0.2) is 73.9 Å². The highest BCUT2D eigenvalue weighted by molar-refractivity contribution is 7.90. The van der Waals surface area contributed by atoms with E-state index in [0.29, 0.717) is 23.0 Å². The number of fused-ring (bicyclic) bond motifs is 3. The second kappa shape index (κ2) is 13.4. The molecule has 1 amide bonds. The zero-order valence-corrected chi connectivity index (χ0v) is 28.0. The van der Waals surface area contributed by atoms with E-state index in [1.54, 1.807) is 24.3 Å². The van der Waals surface area contributed by atoms with Crippen LogP contribution in [0.25, 0.3) is 44.2 Å². The molecule has 8 nitrogen and oxygen atoms in total. The van der Waals surface area contributed by atoms with Crippen LogP contribution in [0, 0.1) is 0 Å². The number of pyridine rings is 1. The first kappa shape index (κ1) is 31.8. The van der Waals surface area contributed by atoms with Crippen molar-refractivity contribution in [2.45, 2.75) is 29.5 Å². The number of piperidine rings is 1. The molecule has 2 N–H and O–H groups in total. The number of rotatable bonds is 9. The van der Waals surface area contributed by atoms with Gasteiger partial charge in [-0.15, -0.1) is 0 Å². The molecule has 48 heavy (non-hydrogen) atoms. The fraction of sp³-hybridized carbons (Fsp3) is 0.231. The number of aromatic nitrogens is 2. The van der Waals surface area contributed by atoms with Crippen LogP contribution in [0.1, 0.15) is 18.4 Å². The standard InChI is InChI=1S/C39H39N5O3S/c1-43(2)31-19-21-44(22-20-31)25-36(45)41-30-16-14-28(15-17-30)34-24-40-39-38(37(34)29-9-5-3-6-10-29)33-23-27(13-18-35(33)42-39)26-48(46,47)32-11-7-4-8-12-32/h3-18,23-24,31H,19-22,25-26H2,1-2H3,(H,40,42)(H,41,45). The molecule has 244 valence electrons. The summed E-state index contributed by atoms with van der Waals surface area (Å²) < 4.78 is 26.5. The molecular weight excluding hydrogens is 619 g/mol. The van der Waals surface area contributed by atoms with Crippen molar-refractivity contribution >= 4 is 43.4 Å². The number of anilines is 1. The highest BCUT2D eigenvalue weighted by atomic mass is 32.2. The molecule has 1 aliphatic heterocycles. The van der Waals surface area contributed by atoms with Gasteiger partial charge in [0.2, 0.25) is 5.91 Å². The third kappa shape index (κ3) is 6.62. The highest BCUT2D eigenvalue weighted by Gasteiger charge is 2.23. The number of carbonyl (C=O) groups excluding carboxylic acids is 1. The number of carbonyl (C=O) groups is 1. The van der Waals surface area contributed by atoms with Crippen molar-refractivity contribution in [3.8, 4) is 22.3 Å². The van der Waals surface area contributed by atoms with Crippen LogP contribution in [0.3, 0.4) is 0 Å². The Morgan fingerprint density at radius 1 is 0.896 bits per heavy atom. The average molecular weight is 658 g/mol. The molecule has 0 atom stereocenters. The molecule has 0 aliphatic carbocycles. The number of H-pyrrole nitrogens is 1. The maximum absolute atomic E-state index is 13.2. The van der Waals surface area contributed by atoms with Gasteiger partial charge in [-0.2, -0.15) is 0 Å². The van der Waals surface area contributed by atoms with E-state index in [1.807, 2.05) is 72.9 Å². The van der Waals surface area contributed by atoms with Crippen LogP contribution in [0.15, 0.2) is 114 Å². The third-order valence-electron chi connectivity index (χ3n) is 9.34. The van der Waals surface area contributed by atoms with Crippen LogP contribution in [0.2, 0.25) is 0 Å². The smallest absolute Gasteiger partial charge is 0.238 e. The van der Waals surface area contributed by atoms with Gasteiger partial charge >= 0.3 is 0 Å². The Kier molecular flexibility index (Phi) is 8.83. The largest absolute Gasteiger partial charge is 0.339 e. The molecule has 0 spiro atoms. The lowest BCUT2D eigenvalue weighted by Gasteiger charge is -2.34. The van der Waals surface area contributed by atoms with E-state index in [1.165, 1.54) is 0 Å². The molecule has 0 saturated carbocycles. The van der Waals surface area contributed by atoms with Gasteiger partial charge in [-0.25, -0.2) is 13.4 Å². The van der Waals surface area contributed by atoms with Gasteiger partial charge in [0.15, 0.2) is 9.84 Å². The molecule has 0 unspecified atom stereocenters. The number of aromatic amines is 1. The van der Waals surface area contributed by atoms with Gasteiger partial charge in [0, 0.05) is 58.4 Å². The molecule has 7 rings (SSSR count). The topological polar surface area (TPSA) is 98.4 Å². The second-order valence-corrected chi connectivity index (χ2v) is 14.8. The summed E-state index contributed by atoms with van der Waals surface area (Å²) in [5.41, 5.74) is 7.01. The van der Waals surface area contributed by atoms with E-state index < -0.39 is 9.84 Å². The van der Waals surface area contributed by atoms with E-state index in [4.69, 9.17) is 4.98 Å². The van der Waals surface area contributed by atoms with E-state index in [-0.39, 0.29) is 11.7 Å². The number of hydrogen-bond donors (Lipinski definition) is 2. The van der Waals surface area contributed by atoms with Crippen molar-refractivity contribution in [2.24, 2.45) is 0 Å². The Bertz CT molecular complexity index is 2170. The minimum atomic E-state index is -3.52. The van der Waals surface area contributed by atoms with Gasteiger partial charge in [-0.1, -0.05) is 66.7 Å². The Hall–Kier alpha value is -4.83. The van der Waals surface area contributed by atoms with Gasteiger partial charge in [0.25, 0.3) is 0 Å². The zero-order valence-electron chi connectivity index (χ0n) is 27.2. The van der Waals surface area contributed by atoms with Crippen molar-refractivity contribution in [3.63, 3.8) is 0 Å². The fourth-order valence-corrected chi connectivity index (χ4v) is 8.13. The normalized spacial score (nSPS) is 14.6. The number of benzene rings is 4. The predicted octanol–water partition coefficient (Wildman–Crippen LogP) is 6.99.